The third-order valence-corrected chi connectivity index (χ3v) is 7.18. The Bertz CT molecular complexity index is 1200. The minimum atomic E-state index is -0.0295. The summed E-state index contributed by atoms with van der Waals surface area (Å²) >= 11 is 1.57. The first kappa shape index (κ1) is 24.0. The first-order valence-electron chi connectivity index (χ1n) is 11.9. The molecule has 7 heteroatoms. The number of aromatic nitrogens is 2. The number of carbonyl (C=O) groups excluding carboxylic acids is 1. The number of hydrogen-bond donors (Lipinski definition) is 1. The van der Waals surface area contributed by atoms with Crippen molar-refractivity contribution in [3.63, 3.8) is 0 Å². The number of aryl methyl sites for hydroxylation is 1. The minimum absolute atomic E-state index is 0.0188. The molecule has 4 rings (SSSR count). The third kappa shape index (κ3) is 5.14. The monoisotopic (exact) mass is 476 g/mol. The topological polar surface area (TPSA) is 71.3 Å². The number of oxazole rings is 1. The molecule has 6 nitrogen and oxygen atoms in total. The Morgan fingerprint density at radius 2 is 1.82 bits per heavy atom. The molecular weight excluding hydrogens is 444 g/mol. The number of benzene rings is 2. The van der Waals surface area contributed by atoms with Gasteiger partial charge in [-0.25, -0.2) is 4.98 Å². The van der Waals surface area contributed by atoms with E-state index >= 15 is 0 Å². The maximum Gasteiger partial charge on any atom is 0.295 e. The second-order valence-electron chi connectivity index (χ2n) is 8.60. The highest BCUT2D eigenvalue weighted by Gasteiger charge is 2.31. The lowest BCUT2D eigenvalue weighted by Gasteiger charge is -2.35. The fourth-order valence-corrected chi connectivity index (χ4v) is 5.10. The summed E-state index contributed by atoms with van der Waals surface area (Å²) in [6.07, 6.45) is 1.82. The number of hydrogen-bond acceptors (Lipinski definition) is 6. The van der Waals surface area contributed by atoms with Gasteiger partial charge in [0.2, 0.25) is 0 Å². The van der Waals surface area contributed by atoms with Gasteiger partial charge in [0, 0.05) is 13.1 Å². The molecule has 2 aromatic carbocycles. The van der Waals surface area contributed by atoms with Gasteiger partial charge in [-0.2, -0.15) is 4.98 Å². The highest BCUT2D eigenvalue weighted by atomic mass is 32.1. The van der Waals surface area contributed by atoms with Crippen LogP contribution in [-0.4, -0.2) is 39.9 Å². The Hall–Kier alpha value is -3.19. The lowest BCUT2D eigenvalue weighted by molar-refractivity contribution is 0.0622. The summed E-state index contributed by atoms with van der Waals surface area (Å²) < 4.78 is 5.86. The van der Waals surface area contributed by atoms with E-state index in [-0.39, 0.29) is 17.9 Å². The highest BCUT2D eigenvalue weighted by molar-refractivity contribution is 7.15. The van der Waals surface area contributed by atoms with Gasteiger partial charge in [-0.1, -0.05) is 69.7 Å². The van der Waals surface area contributed by atoms with E-state index < -0.39 is 0 Å². The van der Waals surface area contributed by atoms with Crippen LogP contribution in [0, 0.1) is 12.8 Å². The first-order valence-corrected chi connectivity index (χ1v) is 12.8. The quantitative estimate of drug-likeness (QED) is 0.278. The van der Waals surface area contributed by atoms with Crippen LogP contribution in [0.2, 0.25) is 0 Å². The molecule has 0 saturated heterocycles. The SMILES string of the molecule is CCCN(C(=O)c1nc(C)sc1-c1ccccc1)C(CNc1nc2ccccc2o1)C(C)CC. The summed E-state index contributed by atoms with van der Waals surface area (Å²) in [5.74, 6) is 0.266. The molecule has 4 aromatic rings. The van der Waals surface area contributed by atoms with Gasteiger partial charge >= 0.3 is 0 Å². The van der Waals surface area contributed by atoms with Crippen LogP contribution in [0.15, 0.2) is 59.0 Å². The largest absolute Gasteiger partial charge is 0.424 e. The molecule has 0 aliphatic carbocycles. The molecule has 2 heterocycles. The van der Waals surface area contributed by atoms with Crippen LogP contribution in [0.5, 0.6) is 0 Å². The van der Waals surface area contributed by atoms with Crippen molar-refractivity contribution >= 4 is 34.4 Å². The summed E-state index contributed by atoms with van der Waals surface area (Å²) in [5, 5.41) is 4.25. The van der Waals surface area contributed by atoms with E-state index in [0.29, 0.717) is 24.8 Å². The van der Waals surface area contributed by atoms with Crippen LogP contribution >= 0.6 is 11.3 Å². The molecule has 178 valence electrons. The number of thiazole rings is 1. The number of para-hydroxylation sites is 2. The highest BCUT2D eigenvalue weighted by Crippen LogP contribution is 2.32. The average molecular weight is 477 g/mol. The zero-order chi connectivity index (χ0) is 24.1. The minimum Gasteiger partial charge on any atom is -0.424 e. The van der Waals surface area contributed by atoms with Crippen LogP contribution in [0.1, 0.15) is 49.1 Å². The van der Waals surface area contributed by atoms with Crippen molar-refractivity contribution in [2.75, 3.05) is 18.4 Å². The average Bonchev–Trinajstić information content (AvgIpc) is 3.46. The van der Waals surface area contributed by atoms with Crippen LogP contribution in [0.4, 0.5) is 6.01 Å². The molecule has 0 fully saturated rings. The number of fused-ring (bicyclic) bond motifs is 1. The maximum atomic E-state index is 14.0. The molecule has 2 atom stereocenters. The van der Waals surface area contributed by atoms with Gasteiger partial charge in [-0.15, -0.1) is 11.3 Å². The first-order chi connectivity index (χ1) is 16.5. The molecule has 34 heavy (non-hydrogen) atoms. The molecule has 1 N–H and O–H groups in total. The van der Waals surface area contributed by atoms with Crippen LogP contribution in [0.25, 0.3) is 21.5 Å². The van der Waals surface area contributed by atoms with E-state index in [9.17, 15) is 4.79 Å². The van der Waals surface area contributed by atoms with Crippen LogP contribution in [0.3, 0.4) is 0 Å². The Morgan fingerprint density at radius 3 is 2.53 bits per heavy atom. The molecule has 0 aliphatic heterocycles. The normalized spacial score (nSPS) is 13.1. The Morgan fingerprint density at radius 1 is 1.09 bits per heavy atom. The second kappa shape index (κ2) is 10.8. The van der Waals surface area contributed by atoms with Crippen molar-refractivity contribution in [1.82, 2.24) is 14.9 Å². The van der Waals surface area contributed by atoms with Crippen molar-refractivity contribution in [1.29, 1.82) is 0 Å². The van der Waals surface area contributed by atoms with Crippen molar-refractivity contribution in [3.8, 4) is 10.4 Å². The lowest BCUT2D eigenvalue weighted by atomic mass is 9.96. The zero-order valence-corrected chi connectivity index (χ0v) is 21.1. The fourth-order valence-electron chi connectivity index (χ4n) is 4.18. The van der Waals surface area contributed by atoms with E-state index in [4.69, 9.17) is 4.42 Å². The number of nitrogens with one attached hydrogen (secondary N) is 1. The number of anilines is 1. The molecule has 0 bridgehead atoms. The smallest absolute Gasteiger partial charge is 0.295 e. The van der Waals surface area contributed by atoms with Crippen LogP contribution in [-0.2, 0) is 0 Å². The Kier molecular flexibility index (Phi) is 7.63. The fraction of sp³-hybridized carbons (Fsp3) is 0.370. The van der Waals surface area contributed by atoms with Crippen molar-refractivity contribution in [3.05, 3.63) is 65.3 Å². The number of nitrogens with zero attached hydrogens (tertiary/aromatic N) is 3. The van der Waals surface area contributed by atoms with Gasteiger partial charge in [0.1, 0.15) is 11.2 Å². The summed E-state index contributed by atoms with van der Waals surface area (Å²) in [5.41, 5.74) is 3.13. The third-order valence-electron chi connectivity index (χ3n) is 6.16. The Balaban J connectivity index is 1.63. The van der Waals surface area contributed by atoms with Gasteiger partial charge < -0.3 is 14.6 Å². The van der Waals surface area contributed by atoms with Gasteiger partial charge in [0.15, 0.2) is 5.58 Å². The van der Waals surface area contributed by atoms with E-state index in [1.165, 1.54) is 0 Å². The molecule has 0 spiro atoms. The maximum absolute atomic E-state index is 14.0. The van der Waals surface area contributed by atoms with E-state index in [2.05, 4.69) is 36.1 Å². The zero-order valence-electron chi connectivity index (χ0n) is 20.2. The van der Waals surface area contributed by atoms with E-state index in [1.54, 1.807) is 11.3 Å². The number of rotatable bonds is 10. The summed E-state index contributed by atoms with van der Waals surface area (Å²) in [6.45, 7) is 9.63. The van der Waals surface area contributed by atoms with Gasteiger partial charge in [0.25, 0.3) is 11.9 Å². The number of carbonyl (C=O) groups is 1. The van der Waals surface area contributed by atoms with Gasteiger partial charge in [0.05, 0.1) is 15.9 Å². The van der Waals surface area contributed by atoms with Crippen molar-refractivity contribution < 1.29 is 9.21 Å². The lowest BCUT2D eigenvalue weighted by Crippen LogP contribution is -2.48. The van der Waals surface area contributed by atoms with Crippen molar-refractivity contribution in [2.24, 2.45) is 5.92 Å². The second-order valence-corrected chi connectivity index (χ2v) is 9.80. The van der Waals surface area contributed by atoms with Gasteiger partial charge in [-0.3, -0.25) is 4.79 Å². The molecule has 0 radical (unpaired) electrons. The van der Waals surface area contributed by atoms with Gasteiger partial charge in [-0.05, 0) is 37.0 Å². The predicted octanol–water partition coefficient (Wildman–Crippen LogP) is 6.64. The summed E-state index contributed by atoms with van der Waals surface area (Å²) in [4.78, 5) is 26.1. The summed E-state index contributed by atoms with van der Waals surface area (Å²) in [6, 6.07) is 18.2. The molecule has 2 aromatic heterocycles. The summed E-state index contributed by atoms with van der Waals surface area (Å²) in [7, 11) is 0. The Labute approximate surface area is 205 Å². The predicted molar refractivity (Wildman–Crippen MR) is 139 cm³/mol. The van der Waals surface area contributed by atoms with Crippen LogP contribution < -0.4 is 5.32 Å². The molecule has 1 amide bonds. The molecule has 0 aliphatic rings. The number of amides is 1. The molecular formula is C27H32N4O2S. The van der Waals surface area contributed by atoms with E-state index in [1.807, 2.05) is 66.4 Å². The molecule has 0 saturated carbocycles. The molecule has 2 unspecified atom stereocenters. The van der Waals surface area contributed by atoms with Crippen molar-refractivity contribution in [2.45, 2.75) is 46.6 Å². The van der Waals surface area contributed by atoms with E-state index in [0.717, 1.165) is 39.4 Å². The standard InChI is InChI=1S/C27H32N4O2S/c1-5-16-31(26(32)24-25(34-19(4)29-24)20-12-8-7-9-13-20)22(18(3)6-2)17-28-27-30-21-14-10-11-15-23(21)33-27/h7-15,18,22H,5-6,16-17H2,1-4H3,(H,28,30).